The summed E-state index contributed by atoms with van der Waals surface area (Å²) in [5.41, 5.74) is 6.00. The van der Waals surface area contributed by atoms with Gasteiger partial charge in [0.2, 0.25) is 5.95 Å². The summed E-state index contributed by atoms with van der Waals surface area (Å²) in [6, 6.07) is 6.63. The molecule has 1 aromatic heterocycles. The number of nitrogens with one attached hydrogen (secondary N) is 1. The Hall–Kier alpha value is -3.07. The lowest BCUT2D eigenvalue weighted by molar-refractivity contribution is -0.384. The van der Waals surface area contributed by atoms with E-state index in [-0.39, 0.29) is 5.69 Å². The number of nitro groups is 1. The number of nitrogens with zero attached hydrogens (tertiary/aromatic N) is 5. The van der Waals surface area contributed by atoms with Crippen LogP contribution >= 0.6 is 0 Å². The van der Waals surface area contributed by atoms with Gasteiger partial charge in [0, 0.05) is 47.9 Å². The van der Waals surface area contributed by atoms with Gasteiger partial charge in [-0.2, -0.15) is 5.10 Å². The van der Waals surface area contributed by atoms with Gasteiger partial charge >= 0.3 is 0 Å². The number of hydrazone groups is 1. The summed E-state index contributed by atoms with van der Waals surface area (Å²) in [5, 5.41) is 15.3. The fraction of sp³-hybridized carbons (Fsp3) is 0.353. The summed E-state index contributed by atoms with van der Waals surface area (Å²) in [4.78, 5) is 21.3. The van der Waals surface area contributed by atoms with Gasteiger partial charge in [0.15, 0.2) is 0 Å². The molecule has 9 heteroatoms. The molecule has 0 atom stereocenters. The van der Waals surface area contributed by atoms with Crippen LogP contribution in [0.1, 0.15) is 17.0 Å². The van der Waals surface area contributed by atoms with Crippen LogP contribution in [0.5, 0.6) is 0 Å². The molecular formula is C17H20N6O3. The van der Waals surface area contributed by atoms with E-state index in [0.717, 1.165) is 30.2 Å². The quantitative estimate of drug-likeness (QED) is 0.498. The number of benzene rings is 1. The van der Waals surface area contributed by atoms with Gasteiger partial charge in [-0.3, -0.25) is 10.1 Å². The summed E-state index contributed by atoms with van der Waals surface area (Å²) >= 11 is 0. The van der Waals surface area contributed by atoms with Crippen molar-refractivity contribution in [1.82, 2.24) is 9.97 Å². The molecule has 0 bridgehead atoms. The van der Waals surface area contributed by atoms with Crippen molar-refractivity contribution in [1.29, 1.82) is 0 Å². The third-order valence-corrected chi connectivity index (χ3v) is 3.92. The number of ether oxygens (including phenoxy) is 1. The first kappa shape index (κ1) is 17.7. The summed E-state index contributed by atoms with van der Waals surface area (Å²) in [7, 11) is 0. The van der Waals surface area contributed by atoms with Gasteiger partial charge in [0.05, 0.1) is 24.4 Å². The van der Waals surface area contributed by atoms with Gasteiger partial charge < -0.3 is 9.64 Å². The summed E-state index contributed by atoms with van der Waals surface area (Å²) in [6.07, 6.45) is 1.55. The highest BCUT2D eigenvalue weighted by Gasteiger charge is 2.17. The smallest absolute Gasteiger partial charge is 0.270 e. The van der Waals surface area contributed by atoms with Crippen molar-refractivity contribution in [3.05, 3.63) is 51.3 Å². The Labute approximate surface area is 150 Å². The Morgan fingerprint density at radius 3 is 2.58 bits per heavy atom. The van der Waals surface area contributed by atoms with E-state index in [1.165, 1.54) is 12.1 Å². The van der Waals surface area contributed by atoms with Crippen LogP contribution in [0.3, 0.4) is 0 Å². The molecule has 2 heterocycles. The van der Waals surface area contributed by atoms with Crippen LogP contribution in [0, 0.1) is 24.0 Å². The third-order valence-electron chi connectivity index (χ3n) is 3.92. The molecule has 0 amide bonds. The van der Waals surface area contributed by atoms with Crippen LogP contribution in [-0.2, 0) is 4.74 Å². The van der Waals surface area contributed by atoms with Crippen molar-refractivity contribution in [2.75, 3.05) is 36.6 Å². The number of anilines is 2. The Morgan fingerprint density at radius 1 is 1.23 bits per heavy atom. The second-order valence-electron chi connectivity index (χ2n) is 5.94. The monoisotopic (exact) mass is 356 g/mol. The molecule has 136 valence electrons. The van der Waals surface area contributed by atoms with Crippen LogP contribution in [0.15, 0.2) is 29.4 Å². The number of non-ortho nitro benzene ring substituents is 1. The lowest BCUT2D eigenvalue weighted by Gasteiger charge is -2.29. The fourth-order valence-corrected chi connectivity index (χ4v) is 2.79. The first-order valence-electron chi connectivity index (χ1n) is 8.25. The number of hydrogen-bond donors (Lipinski definition) is 1. The lowest BCUT2D eigenvalue weighted by atomic mass is 10.1. The first-order valence-corrected chi connectivity index (χ1v) is 8.25. The average molecular weight is 356 g/mol. The Balaban J connectivity index is 1.85. The second-order valence-corrected chi connectivity index (χ2v) is 5.94. The zero-order chi connectivity index (χ0) is 18.5. The molecule has 0 radical (unpaired) electrons. The summed E-state index contributed by atoms with van der Waals surface area (Å²) in [6.45, 7) is 6.46. The number of rotatable bonds is 5. The molecule has 0 unspecified atom stereocenters. The minimum atomic E-state index is -0.416. The molecular weight excluding hydrogens is 336 g/mol. The standard InChI is InChI=1S/C17H20N6O3/c1-12-9-13(2)20-17(19-12)21-18-11-14-10-15(23(24)25)3-4-16(14)22-5-7-26-8-6-22/h3-4,9-11H,5-8H2,1-2H3,(H,19,20,21)/b18-11+. The summed E-state index contributed by atoms with van der Waals surface area (Å²) in [5.74, 6) is 0.386. The fourth-order valence-electron chi connectivity index (χ4n) is 2.79. The SMILES string of the molecule is Cc1cc(C)nc(N/N=C/c2cc([N+](=O)[O-])ccc2N2CCOCC2)n1. The van der Waals surface area contributed by atoms with E-state index in [9.17, 15) is 10.1 Å². The lowest BCUT2D eigenvalue weighted by Crippen LogP contribution is -2.36. The molecule has 0 saturated carbocycles. The molecule has 0 spiro atoms. The minimum Gasteiger partial charge on any atom is -0.378 e. The summed E-state index contributed by atoms with van der Waals surface area (Å²) < 4.78 is 5.37. The minimum absolute atomic E-state index is 0.0195. The predicted octanol–water partition coefficient (Wildman–Crippen LogP) is 2.28. The first-order chi connectivity index (χ1) is 12.5. The van der Waals surface area contributed by atoms with E-state index in [1.807, 2.05) is 19.9 Å². The number of nitro benzene ring substituents is 1. The second kappa shape index (κ2) is 7.87. The van der Waals surface area contributed by atoms with Crippen molar-refractivity contribution in [3.8, 4) is 0 Å². The number of hydrogen-bond acceptors (Lipinski definition) is 8. The topological polar surface area (TPSA) is 106 Å². The van der Waals surface area contributed by atoms with Gasteiger partial charge in [-0.15, -0.1) is 0 Å². The molecule has 2 aromatic rings. The van der Waals surface area contributed by atoms with Crippen molar-refractivity contribution in [2.24, 2.45) is 5.10 Å². The average Bonchev–Trinajstić information content (AvgIpc) is 2.61. The normalized spacial score (nSPS) is 14.6. The Bertz CT molecular complexity index is 813. The predicted molar refractivity (Wildman–Crippen MR) is 98.9 cm³/mol. The number of morpholine rings is 1. The molecule has 9 nitrogen and oxygen atoms in total. The molecule has 1 N–H and O–H groups in total. The van der Waals surface area contributed by atoms with E-state index in [2.05, 4.69) is 25.4 Å². The highest BCUT2D eigenvalue weighted by Crippen LogP contribution is 2.25. The number of aromatic nitrogens is 2. The maximum absolute atomic E-state index is 11.1. The van der Waals surface area contributed by atoms with E-state index in [0.29, 0.717) is 24.7 Å². The van der Waals surface area contributed by atoms with E-state index in [4.69, 9.17) is 4.74 Å². The molecule has 0 aliphatic carbocycles. The highest BCUT2D eigenvalue weighted by atomic mass is 16.6. The van der Waals surface area contributed by atoms with E-state index >= 15 is 0 Å². The molecule has 3 rings (SSSR count). The van der Waals surface area contributed by atoms with Crippen molar-refractivity contribution in [3.63, 3.8) is 0 Å². The maximum atomic E-state index is 11.1. The van der Waals surface area contributed by atoms with Crippen LogP contribution in [0.2, 0.25) is 0 Å². The molecule has 1 fully saturated rings. The van der Waals surface area contributed by atoms with Crippen LogP contribution in [0.4, 0.5) is 17.3 Å². The van der Waals surface area contributed by atoms with Gasteiger partial charge in [-0.25, -0.2) is 15.4 Å². The van der Waals surface area contributed by atoms with E-state index in [1.54, 1.807) is 12.3 Å². The Kier molecular flexibility index (Phi) is 5.37. The maximum Gasteiger partial charge on any atom is 0.270 e. The molecule has 1 aliphatic rings. The van der Waals surface area contributed by atoms with Crippen LogP contribution in [-0.4, -0.2) is 47.4 Å². The van der Waals surface area contributed by atoms with Crippen LogP contribution in [0.25, 0.3) is 0 Å². The molecule has 26 heavy (non-hydrogen) atoms. The Morgan fingerprint density at radius 2 is 1.92 bits per heavy atom. The van der Waals surface area contributed by atoms with Gasteiger partial charge in [0.25, 0.3) is 5.69 Å². The van der Waals surface area contributed by atoms with Gasteiger partial charge in [-0.1, -0.05) is 0 Å². The zero-order valence-corrected chi connectivity index (χ0v) is 14.7. The van der Waals surface area contributed by atoms with Crippen LogP contribution < -0.4 is 10.3 Å². The molecule has 1 aliphatic heterocycles. The van der Waals surface area contributed by atoms with Crippen molar-refractivity contribution in [2.45, 2.75) is 13.8 Å². The molecule has 1 aromatic carbocycles. The largest absolute Gasteiger partial charge is 0.378 e. The molecule has 1 saturated heterocycles. The number of aryl methyl sites for hydroxylation is 2. The van der Waals surface area contributed by atoms with Gasteiger partial charge in [0.1, 0.15) is 0 Å². The zero-order valence-electron chi connectivity index (χ0n) is 14.7. The van der Waals surface area contributed by atoms with Crippen molar-refractivity contribution >= 4 is 23.5 Å². The van der Waals surface area contributed by atoms with E-state index < -0.39 is 4.92 Å². The van der Waals surface area contributed by atoms with Gasteiger partial charge in [-0.05, 0) is 26.0 Å². The highest BCUT2D eigenvalue weighted by molar-refractivity contribution is 5.89. The third kappa shape index (κ3) is 4.31. The van der Waals surface area contributed by atoms with Crippen molar-refractivity contribution < 1.29 is 9.66 Å².